The standard InChI is InChI=1S/C19H22O3/c1-3-4-19(20)22-14-17-9-11-18(12-10-17)21-13-16-7-5-15(2)6-8-16/h5-12H,3-4,13-14H2,1-2H3. The van der Waals surface area contributed by atoms with Gasteiger partial charge in [0.05, 0.1) is 0 Å². The maximum atomic E-state index is 11.3. The van der Waals surface area contributed by atoms with E-state index in [0.717, 1.165) is 23.3 Å². The van der Waals surface area contributed by atoms with Crippen LogP contribution in [0.4, 0.5) is 0 Å². The fourth-order valence-electron chi connectivity index (χ4n) is 1.97. The molecule has 2 rings (SSSR count). The number of benzene rings is 2. The number of carbonyl (C=O) groups excluding carboxylic acids is 1. The summed E-state index contributed by atoms with van der Waals surface area (Å²) in [6.45, 7) is 4.89. The molecule has 0 fully saturated rings. The first-order chi connectivity index (χ1) is 10.7. The minimum absolute atomic E-state index is 0.151. The molecule has 0 unspecified atom stereocenters. The van der Waals surface area contributed by atoms with Crippen molar-refractivity contribution in [2.45, 2.75) is 39.9 Å². The van der Waals surface area contributed by atoms with Gasteiger partial charge in [-0.3, -0.25) is 4.79 Å². The summed E-state index contributed by atoms with van der Waals surface area (Å²) in [5.41, 5.74) is 3.35. The summed E-state index contributed by atoms with van der Waals surface area (Å²) < 4.78 is 10.9. The quantitative estimate of drug-likeness (QED) is 0.710. The number of ether oxygens (including phenoxy) is 2. The Morgan fingerprint density at radius 2 is 1.50 bits per heavy atom. The Kier molecular flexibility index (Phi) is 6.01. The van der Waals surface area contributed by atoms with E-state index in [9.17, 15) is 4.79 Å². The molecule has 3 nitrogen and oxygen atoms in total. The minimum Gasteiger partial charge on any atom is -0.489 e. The Hall–Kier alpha value is -2.29. The summed E-state index contributed by atoms with van der Waals surface area (Å²) in [6.07, 6.45) is 1.28. The van der Waals surface area contributed by atoms with Crippen molar-refractivity contribution in [2.75, 3.05) is 0 Å². The van der Waals surface area contributed by atoms with Gasteiger partial charge in [0, 0.05) is 6.42 Å². The van der Waals surface area contributed by atoms with E-state index in [1.54, 1.807) is 0 Å². The van der Waals surface area contributed by atoms with Crippen LogP contribution in [0.3, 0.4) is 0 Å². The molecule has 0 aromatic heterocycles. The predicted octanol–water partition coefficient (Wildman–Crippen LogP) is 4.42. The zero-order valence-corrected chi connectivity index (χ0v) is 13.2. The summed E-state index contributed by atoms with van der Waals surface area (Å²) >= 11 is 0. The molecule has 0 spiro atoms. The molecular formula is C19H22O3. The SMILES string of the molecule is CCCC(=O)OCc1ccc(OCc2ccc(C)cc2)cc1. The largest absolute Gasteiger partial charge is 0.489 e. The number of hydrogen-bond donors (Lipinski definition) is 0. The van der Waals surface area contributed by atoms with Crippen molar-refractivity contribution >= 4 is 5.97 Å². The first kappa shape index (κ1) is 16.1. The number of aryl methyl sites for hydroxylation is 1. The number of carbonyl (C=O) groups is 1. The van der Waals surface area contributed by atoms with Gasteiger partial charge in [-0.15, -0.1) is 0 Å². The van der Waals surface area contributed by atoms with E-state index in [1.807, 2.05) is 31.2 Å². The molecule has 0 heterocycles. The van der Waals surface area contributed by atoms with E-state index in [0.29, 0.717) is 19.6 Å². The third-order valence-corrected chi connectivity index (χ3v) is 3.30. The summed E-state index contributed by atoms with van der Waals surface area (Å²) in [7, 11) is 0. The molecule has 0 aliphatic heterocycles. The van der Waals surface area contributed by atoms with E-state index >= 15 is 0 Å². The third kappa shape index (κ3) is 5.24. The lowest BCUT2D eigenvalue weighted by atomic mass is 10.2. The van der Waals surface area contributed by atoms with Crippen molar-refractivity contribution in [3.05, 3.63) is 65.2 Å². The average molecular weight is 298 g/mol. The van der Waals surface area contributed by atoms with Crippen LogP contribution in [0.25, 0.3) is 0 Å². The van der Waals surface area contributed by atoms with E-state index < -0.39 is 0 Å². The maximum absolute atomic E-state index is 11.3. The van der Waals surface area contributed by atoms with Crippen LogP contribution < -0.4 is 4.74 Å². The van der Waals surface area contributed by atoms with E-state index in [1.165, 1.54) is 5.56 Å². The van der Waals surface area contributed by atoms with E-state index in [2.05, 4.69) is 31.2 Å². The van der Waals surface area contributed by atoms with Crippen molar-refractivity contribution in [3.63, 3.8) is 0 Å². The molecule has 0 atom stereocenters. The topological polar surface area (TPSA) is 35.5 Å². The van der Waals surface area contributed by atoms with Crippen molar-refractivity contribution in [2.24, 2.45) is 0 Å². The third-order valence-electron chi connectivity index (χ3n) is 3.30. The van der Waals surface area contributed by atoms with Crippen molar-refractivity contribution in [3.8, 4) is 5.75 Å². The van der Waals surface area contributed by atoms with Gasteiger partial charge in [0.15, 0.2) is 0 Å². The second kappa shape index (κ2) is 8.23. The number of hydrogen-bond acceptors (Lipinski definition) is 3. The highest BCUT2D eigenvalue weighted by atomic mass is 16.5. The summed E-state index contributed by atoms with van der Waals surface area (Å²) in [4.78, 5) is 11.3. The molecule has 116 valence electrons. The lowest BCUT2D eigenvalue weighted by Gasteiger charge is -2.08. The summed E-state index contributed by atoms with van der Waals surface area (Å²) in [6, 6.07) is 15.9. The van der Waals surface area contributed by atoms with Crippen LogP contribution in [-0.4, -0.2) is 5.97 Å². The monoisotopic (exact) mass is 298 g/mol. The van der Waals surface area contributed by atoms with Gasteiger partial charge in [-0.25, -0.2) is 0 Å². The van der Waals surface area contributed by atoms with Gasteiger partial charge in [0.2, 0.25) is 0 Å². The Balaban J connectivity index is 1.81. The van der Waals surface area contributed by atoms with Crippen LogP contribution in [-0.2, 0) is 22.7 Å². The summed E-state index contributed by atoms with van der Waals surface area (Å²) in [5, 5.41) is 0. The number of rotatable bonds is 7. The van der Waals surface area contributed by atoms with Gasteiger partial charge in [-0.05, 0) is 36.6 Å². The van der Waals surface area contributed by atoms with Gasteiger partial charge in [-0.1, -0.05) is 48.9 Å². The number of esters is 1. The molecular weight excluding hydrogens is 276 g/mol. The van der Waals surface area contributed by atoms with Gasteiger partial charge in [0.25, 0.3) is 0 Å². The minimum atomic E-state index is -0.151. The molecule has 0 amide bonds. The van der Waals surface area contributed by atoms with Crippen LogP contribution in [0.2, 0.25) is 0 Å². The Bertz CT molecular complexity index is 585. The molecule has 0 saturated carbocycles. The van der Waals surface area contributed by atoms with Gasteiger partial charge < -0.3 is 9.47 Å². The smallest absolute Gasteiger partial charge is 0.306 e. The molecule has 0 bridgehead atoms. The fraction of sp³-hybridized carbons (Fsp3) is 0.316. The molecule has 22 heavy (non-hydrogen) atoms. The molecule has 0 aliphatic rings. The van der Waals surface area contributed by atoms with Crippen LogP contribution in [0, 0.1) is 6.92 Å². The highest BCUT2D eigenvalue weighted by molar-refractivity contribution is 5.69. The summed E-state index contributed by atoms with van der Waals surface area (Å²) in [5.74, 6) is 0.659. The van der Waals surface area contributed by atoms with E-state index in [-0.39, 0.29) is 5.97 Å². The highest BCUT2D eigenvalue weighted by Crippen LogP contribution is 2.15. The van der Waals surface area contributed by atoms with Crippen molar-refractivity contribution in [1.29, 1.82) is 0 Å². The molecule has 0 radical (unpaired) electrons. The molecule has 0 saturated heterocycles. The second-order valence-corrected chi connectivity index (χ2v) is 5.33. The zero-order valence-electron chi connectivity index (χ0n) is 13.2. The average Bonchev–Trinajstić information content (AvgIpc) is 2.54. The molecule has 2 aromatic rings. The van der Waals surface area contributed by atoms with E-state index in [4.69, 9.17) is 9.47 Å². The molecule has 0 N–H and O–H groups in total. The molecule has 2 aromatic carbocycles. The van der Waals surface area contributed by atoms with Gasteiger partial charge in [0.1, 0.15) is 19.0 Å². The lowest BCUT2D eigenvalue weighted by Crippen LogP contribution is -2.03. The van der Waals surface area contributed by atoms with Crippen LogP contribution >= 0.6 is 0 Å². The van der Waals surface area contributed by atoms with Crippen molar-refractivity contribution in [1.82, 2.24) is 0 Å². The Morgan fingerprint density at radius 3 is 2.14 bits per heavy atom. The first-order valence-electron chi connectivity index (χ1n) is 7.60. The lowest BCUT2D eigenvalue weighted by molar-refractivity contribution is -0.144. The first-order valence-corrected chi connectivity index (χ1v) is 7.60. The van der Waals surface area contributed by atoms with Crippen molar-refractivity contribution < 1.29 is 14.3 Å². The fourth-order valence-corrected chi connectivity index (χ4v) is 1.97. The second-order valence-electron chi connectivity index (χ2n) is 5.33. The maximum Gasteiger partial charge on any atom is 0.306 e. The van der Waals surface area contributed by atoms with Crippen LogP contribution in [0.15, 0.2) is 48.5 Å². The Labute approximate surface area is 131 Å². The molecule has 3 heteroatoms. The zero-order chi connectivity index (χ0) is 15.8. The molecule has 0 aliphatic carbocycles. The van der Waals surface area contributed by atoms with Crippen LogP contribution in [0.5, 0.6) is 5.75 Å². The normalized spacial score (nSPS) is 10.3. The van der Waals surface area contributed by atoms with Crippen LogP contribution in [0.1, 0.15) is 36.5 Å². The highest BCUT2D eigenvalue weighted by Gasteiger charge is 2.02. The Morgan fingerprint density at radius 1 is 0.909 bits per heavy atom. The van der Waals surface area contributed by atoms with Gasteiger partial charge >= 0.3 is 5.97 Å². The van der Waals surface area contributed by atoms with Gasteiger partial charge in [-0.2, -0.15) is 0 Å². The predicted molar refractivity (Wildman–Crippen MR) is 86.7 cm³/mol.